The maximum Gasteiger partial charge on any atom is 0.222 e. The van der Waals surface area contributed by atoms with E-state index in [0.29, 0.717) is 35.5 Å². The van der Waals surface area contributed by atoms with Gasteiger partial charge in [0.25, 0.3) is 0 Å². The van der Waals surface area contributed by atoms with Gasteiger partial charge in [-0.05, 0) is 77.6 Å². The fourth-order valence-electron chi connectivity index (χ4n) is 4.02. The molecule has 1 aliphatic heterocycles. The van der Waals surface area contributed by atoms with Crippen LogP contribution in [0.3, 0.4) is 0 Å². The molecule has 5 rings (SSSR count). The molecule has 11 heteroatoms. The highest BCUT2D eigenvalue weighted by molar-refractivity contribution is 6.00. The van der Waals surface area contributed by atoms with Gasteiger partial charge in [0.05, 0.1) is 13.1 Å². The van der Waals surface area contributed by atoms with Gasteiger partial charge in [0.15, 0.2) is 0 Å². The average Bonchev–Trinajstić information content (AvgIpc) is 3.25. The minimum absolute atomic E-state index is 0. The molecule has 0 radical (unpaired) electrons. The van der Waals surface area contributed by atoms with Crippen molar-refractivity contribution in [1.29, 1.82) is 11.1 Å². The molecule has 0 amide bonds. The molecule has 1 heterocycles. The van der Waals surface area contributed by atoms with Gasteiger partial charge in [-0.25, -0.2) is 37.9 Å². The van der Waals surface area contributed by atoms with Crippen LogP contribution in [-0.2, 0) is 19.4 Å². The van der Waals surface area contributed by atoms with Gasteiger partial charge in [0, 0.05) is 19.1 Å². The second kappa shape index (κ2) is 14.3. The maximum atomic E-state index is 13.1. The Kier molecular flexibility index (Phi) is 11.2. The van der Waals surface area contributed by atoms with Gasteiger partial charge in [-0.2, -0.15) is 0 Å². The number of hydrogen-bond acceptors (Lipinski definition) is 4. The number of nitrogens with one attached hydrogen (secondary N) is 2. The molecule has 1 aliphatic rings. The summed E-state index contributed by atoms with van der Waals surface area (Å²) >= 11 is 0. The molecule has 0 bridgehead atoms. The first-order valence-corrected chi connectivity index (χ1v) is 11.4. The van der Waals surface area contributed by atoms with Crippen molar-refractivity contribution in [1.82, 2.24) is 0 Å². The topological polar surface area (TPSA) is 122 Å². The third kappa shape index (κ3) is 8.28. The summed E-state index contributed by atoms with van der Waals surface area (Å²) < 4.78 is 65.4. The molecule has 0 spiro atoms. The zero-order valence-corrected chi connectivity index (χ0v) is 20.9. The quantitative estimate of drug-likeness (QED) is 0.140. The lowest BCUT2D eigenvalue weighted by Gasteiger charge is -2.06. The van der Waals surface area contributed by atoms with Crippen molar-refractivity contribution in [2.45, 2.75) is 19.4 Å². The summed E-state index contributed by atoms with van der Waals surface area (Å²) in [6, 6.07) is 16.7. The van der Waals surface area contributed by atoms with Crippen LogP contribution in [0.1, 0.15) is 34.8 Å². The zero-order valence-electron chi connectivity index (χ0n) is 20.9. The van der Waals surface area contributed by atoms with E-state index in [1.54, 1.807) is 0 Å². The molecule has 208 valence electrons. The van der Waals surface area contributed by atoms with E-state index in [4.69, 9.17) is 23.4 Å². The SMILES string of the molecule is N=N.NC1=NCc2ccc(Cc3cc(F)cc(F)c3)cc21.O.[C-]#[N+]c1cc(Cc2cc(F)cc(F)c2)ccc1F.[HH]. The Balaban J connectivity index is 0.000000370. The maximum absolute atomic E-state index is 13.1. The highest BCUT2D eigenvalue weighted by atomic mass is 19.1. The molecule has 0 aliphatic carbocycles. The van der Waals surface area contributed by atoms with E-state index in [-0.39, 0.29) is 19.0 Å². The molecular formula is C29H26F5N5O. The van der Waals surface area contributed by atoms with Crippen LogP contribution < -0.4 is 5.73 Å². The van der Waals surface area contributed by atoms with Crippen LogP contribution in [0.15, 0.2) is 77.8 Å². The summed E-state index contributed by atoms with van der Waals surface area (Å²) in [5.41, 5.74) is 20.3. The number of rotatable bonds is 4. The van der Waals surface area contributed by atoms with Gasteiger partial charge >= 0.3 is 0 Å². The van der Waals surface area contributed by atoms with E-state index in [2.05, 4.69) is 9.84 Å². The fraction of sp³-hybridized carbons (Fsp3) is 0.103. The minimum atomic E-state index is -0.655. The zero-order chi connectivity index (χ0) is 28.5. The lowest BCUT2D eigenvalue weighted by Crippen LogP contribution is -2.10. The highest BCUT2D eigenvalue weighted by Gasteiger charge is 2.13. The third-order valence-corrected chi connectivity index (χ3v) is 5.66. The summed E-state index contributed by atoms with van der Waals surface area (Å²) in [6.45, 7) is 7.40. The Bertz CT molecular complexity index is 1540. The van der Waals surface area contributed by atoms with Crippen molar-refractivity contribution < 1.29 is 28.9 Å². The number of nitrogens with two attached hydrogens (primary N) is 1. The Morgan fingerprint density at radius 3 is 1.70 bits per heavy atom. The number of hydrogen-bond donors (Lipinski definition) is 3. The van der Waals surface area contributed by atoms with Crippen LogP contribution in [0, 0.1) is 46.7 Å². The van der Waals surface area contributed by atoms with Crippen molar-refractivity contribution >= 4 is 11.5 Å². The monoisotopic (exact) mass is 555 g/mol. The number of halogens is 5. The van der Waals surface area contributed by atoms with Crippen LogP contribution in [0.4, 0.5) is 27.6 Å². The summed E-state index contributed by atoms with van der Waals surface area (Å²) in [4.78, 5) is 7.19. The van der Waals surface area contributed by atoms with Crippen LogP contribution in [0.5, 0.6) is 0 Å². The van der Waals surface area contributed by atoms with E-state index < -0.39 is 29.1 Å². The summed E-state index contributed by atoms with van der Waals surface area (Å²) in [7, 11) is 0. The van der Waals surface area contributed by atoms with E-state index in [0.717, 1.165) is 28.8 Å². The predicted molar refractivity (Wildman–Crippen MR) is 143 cm³/mol. The van der Waals surface area contributed by atoms with Gasteiger partial charge in [0.2, 0.25) is 5.69 Å². The standard InChI is InChI=1S/C15H12F2N2.C14H8F3N.H2N2.H2O.H2/c16-12-4-10(5-13(17)7-12)3-9-1-2-11-8-19-15(18)14(11)6-9;1-18-14-7-9(2-3-13(14)17)4-10-5-11(15)8-12(16)6-10;1-2;;/h1-2,4-7H,3,8H2,(H2,18,19);2-3,5-8H,4H2;1-2H;1H2;1H. The molecule has 4 aromatic rings. The number of aliphatic imine (C=N–C) groups is 1. The molecule has 6 N–H and O–H groups in total. The number of benzene rings is 4. The van der Waals surface area contributed by atoms with Gasteiger partial charge in [-0.15, -0.1) is 0 Å². The van der Waals surface area contributed by atoms with Crippen molar-refractivity contribution in [2.75, 3.05) is 0 Å². The van der Waals surface area contributed by atoms with E-state index in [1.807, 2.05) is 18.2 Å². The smallest absolute Gasteiger partial charge is 0.222 e. The van der Waals surface area contributed by atoms with Gasteiger partial charge in [-0.1, -0.05) is 23.8 Å². The molecule has 0 saturated heterocycles. The molecule has 0 saturated carbocycles. The van der Waals surface area contributed by atoms with Crippen LogP contribution in [-0.4, -0.2) is 11.3 Å². The summed E-state index contributed by atoms with van der Waals surface area (Å²) in [5.74, 6) is -2.49. The van der Waals surface area contributed by atoms with Crippen LogP contribution >= 0.6 is 0 Å². The van der Waals surface area contributed by atoms with Gasteiger partial charge < -0.3 is 11.2 Å². The van der Waals surface area contributed by atoms with Gasteiger partial charge in [-0.3, -0.25) is 4.99 Å². The number of amidine groups is 1. The van der Waals surface area contributed by atoms with Crippen molar-refractivity contribution in [2.24, 2.45) is 10.7 Å². The van der Waals surface area contributed by atoms with Crippen LogP contribution in [0.2, 0.25) is 0 Å². The van der Waals surface area contributed by atoms with Crippen molar-refractivity contribution in [3.05, 3.63) is 147 Å². The first kappa shape index (κ1) is 31.3. The largest absolute Gasteiger partial charge is 0.412 e. The van der Waals surface area contributed by atoms with E-state index >= 15 is 0 Å². The van der Waals surface area contributed by atoms with Crippen LogP contribution in [0.25, 0.3) is 4.85 Å². The molecular weight excluding hydrogens is 529 g/mol. The Hall–Kier alpha value is -4.95. The highest BCUT2D eigenvalue weighted by Crippen LogP contribution is 2.22. The molecule has 4 aromatic carbocycles. The van der Waals surface area contributed by atoms with Crippen molar-refractivity contribution in [3.8, 4) is 0 Å². The minimum Gasteiger partial charge on any atom is -0.412 e. The van der Waals surface area contributed by atoms with Crippen molar-refractivity contribution in [3.63, 3.8) is 0 Å². The summed E-state index contributed by atoms with van der Waals surface area (Å²) in [5, 5.41) is 0. The first-order valence-electron chi connectivity index (χ1n) is 11.4. The number of nitrogens with zero attached hydrogens (tertiary/aromatic N) is 2. The summed E-state index contributed by atoms with van der Waals surface area (Å²) in [6.07, 6.45) is 0.715. The predicted octanol–water partition coefficient (Wildman–Crippen LogP) is 7.04. The molecule has 0 fully saturated rings. The lowest BCUT2D eigenvalue weighted by molar-refractivity contribution is 0.579. The second-order valence-electron chi connectivity index (χ2n) is 8.50. The number of fused-ring (bicyclic) bond motifs is 1. The Morgan fingerprint density at radius 2 is 1.20 bits per heavy atom. The normalized spacial score (nSPS) is 10.9. The molecule has 0 atom stereocenters. The Labute approximate surface area is 228 Å². The Morgan fingerprint density at radius 1 is 0.725 bits per heavy atom. The first-order chi connectivity index (χ1) is 18.7. The molecule has 0 unspecified atom stereocenters. The lowest BCUT2D eigenvalue weighted by atomic mass is 10.00. The second-order valence-corrected chi connectivity index (χ2v) is 8.50. The fourth-order valence-corrected chi connectivity index (χ4v) is 4.02. The van der Waals surface area contributed by atoms with E-state index in [9.17, 15) is 22.0 Å². The van der Waals surface area contributed by atoms with Gasteiger partial charge in [0.1, 0.15) is 34.9 Å². The molecule has 0 aromatic heterocycles. The average molecular weight is 556 g/mol. The van der Waals surface area contributed by atoms with E-state index in [1.165, 1.54) is 42.5 Å². The molecule has 40 heavy (non-hydrogen) atoms. The third-order valence-electron chi connectivity index (χ3n) is 5.66. The molecule has 6 nitrogen and oxygen atoms in total.